The van der Waals surface area contributed by atoms with Gasteiger partial charge in [-0.3, -0.25) is 4.79 Å². The van der Waals surface area contributed by atoms with Crippen LogP contribution < -0.4 is 4.90 Å². The zero-order valence-electron chi connectivity index (χ0n) is 12.2. The maximum atomic E-state index is 12.6. The number of aromatic amines is 1. The molecule has 0 saturated carbocycles. The molecule has 4 nitrogen and oxygen atoms in total. The second-order valence-electron chi connectivity index (χ2n) is 5.50. The molecule has 0 bridgehead atoms. The molecule has 0 atom stereocenters. The van der Waals surface area contributed by atoms with Crippen molar-refractivity contribution in [3.63, 3.8) is 0 Å². The molecule has 1 N–H and O–H groups in total. The van der Waals surface area contributed by atoms with E-state index in [1.807, 2.05) is 28.5 Å². The molecule has 0 aliphatic carbocycles. The van der Waals surface area contributed by atoms with Crippen LogP contribution in [0.25, 0.3) is 10.2 Å². The summed E-state index contributed by atoms with van der Waals surface area (Å²) in [6.07, 6.45) is 0. The second-order valence-corrected chi connectivity index (χ2v) is 6.44. The molecule has 3 aromatic rings. The second kappa shape index (κ2) is 5.50. The molecule has 4 rings (SSSR count). The summed E-state index contributed by atoms with van der Waals surface area (Å²) in [5.41, 5.74) is 2.99. The summed E-state index contributed by atoms with van der Waals surface area (Å²) in [7, 11) is 0. The number of anilines is 1. The van der Waals surface area contributed by atoms with E-state index in [2.05, 4.69) is 34.1 Å². The zero-order valence-corrected chi connectivity index (χ0v) is 13.0. The number of benzene rings is 1. The van der Waals surface area contributed by atoms with E-state index in [1.165, 1.54) is 5.69 Å². The van der Waals surface area contributed by atoms with Gasteiger partial charge < -0.3 is 14.8 Å². The molecule has 1 saturated heterocycles. The van der Waals surface area contributed by atoms with Gasteiger partial charge in [-0.25, -0.2) is 0 Å². The van der Waals surface area contributed by atoms with Crippen molar-refractivity contribution >= 4 is 33.1 Å². The number of carbonyl (C=O) groups is 1. The number of aromatic nitrogens is 1. The van der Waals surface area contributed by atoms with E-state index in [0.29, 0.717) is 5.69 Å². The Bertz CT molecular complexity index is 756. The van der Waals surface area contributed by atoms with Crippen molar-refractivity contribution in [3.05, 3.63) is 53.5 Å². The van der Waals surface area contributed by atoms with Crippen LogP contribution in [0.5, 0.6) is 0 Å². The van der Waals surface area contributed by atoms with Gasteiger partial charge in [0.15, 0.2) is 0 Å². The fourth-order valence-corrected chi connectivity index (χ4v) is 3.72. The number of nitrogens with one attached hydrogen (secondary N) is 1. The summed E-state index contributed by atoms with van der Waals surface area (Å²) >= 11 is 1.66. The zero-order chi connectivity index (χ0) is 14.9. The van der Waals surface area contributed by atoms with Crippen LogP contribution in [0.4, 0.5) is 5.69 Å². The van der Waals surface area contributed by atoms with Gasteiger partial charge >= 0.3 is 0 Å². The standard InChI is InChI=1S/C17H17N3OS/c21-17(15-12-16-14(18-15)6-11-22-16)20-9-7-19(8-10-20)13-4-2-1-3-5-13/h1-6,11-12,18H,7-10H2. The molecule has 0 spiro atoms. The third-order valence-electron chi connectivity index (χ3n) is 4.16. The fourth-order valence-electron chi connectivity index (χ4n) is 2.94. The largest absolute Gasteiger partial charge is 0.368 e. The van der Waals surface area contributed by atoms with Gasteiger partial charge in [-0.15, -0.1) is 11.3 Å². The van der Waals surface area contributed by atoms with Gasteiger partial charge in [-0.1, -0.05) is 18.2 Å². The first kappa shape index (κ1) is 13.4. The number of thiophene rings is 1. The summed E-state index contributed by atoms with van der Waals surface area (Å²) in [6, 6.07) is 14.4. The Balaban J connectivity index is 1.45. The predicted molar refractivity (Wildman–Crippen MR) is 90.7 cm³/mol. The Labute approximate surface area is 133 Å². The monoisotopic (exact) mass is 311 g/mol. The number of nitrogens with zero attached hydrogens (tertiary/aromatic N) is 2. The van der Waals surface area contributed by atoms with Gasteiger partial charge in [0.05, 0.1) is 10.2 Å². The topological polar surface area (TPSA) is 39.3 Å². The number of amides is 1. The molecule has 0 radical (unpaired) electrons. The highest BCUT2D eigenvalue weighted by Gasteiger charge is 2.23. The number of piperazine rings is 1. The molecule has 0 unspecified atom stereocenters. The Morgan fingerprint density at radius 3 is 2.55 bits per heavy atom. The van der Waals surface area contributed by atoms with E-state index in [-0.39, 0.29) is 5.91 Å². The fraction of sp³-hybridized carbons (Fsp3) is 0.235. The molecule has 3 heterocycles. The van der Waals surface area contributed by atoms with Gasteiger partial charge in [0.1, 0.15) is 5.69 Å². The normalized spacial score (nSPS) is 15.5. The van der Waals surface area contributed by atoms with Crippen molar-refractivity contribution in [2.24, 2.45) is 0 Å². The maximum Gasteiger partial charge on any atom is 0.270 e. The molecule has 1 fully saturated rings. The number of hydrogen-bond acceptors (Lipinski definition) is 3. The van der Waals surface area contributed by atoms with E-state index in [0.717, 1.165) is 36.4 Å². The molecule has 1 amide bonds. The minimum atomic E-state index is 0.108. The number of H-pyrrole nitrogens is 1. The first-order valence-electron chi connectivity index (χ1n) is 7.47. The summed E-state index contributed by atoms with van der Waals surface area (Å²) in [5, 5.41) is 2.04. The molecule has 2 aromatic heterocycles. The highest BCUT2D eigenvalue weighted by molar-refractivity contribution is 7.17. The number of fused-ring (bicyclic) bond motifs is 1. The summed E-state index contributed by atoms with van der Waals surface area (Å²) < 4.78 is 1.14. The Morgan fingerprint density at radius 2 is 1.82 bits per heavy atom. The number of hydrogen-bond donors (Lipinski definition) is 1. The van der Waals surface area contributed by atoms with Gasteiger partial charge in [-0.2, -0.15) is 0 Å². The Hall–Kier alpha value is -2.27. The van der Waals surface area contributed by atoms with Crippen molar-refractivity contribution in [2.75, 3.05) is 31.1 Å². The van der Waals surface area contributed by atoms with Crippen LogP contribution in [0.3, 0.4) is 0 Å². The van der Waals surface area contributed by atoms with Gasteiger partial charge in [0.2, 0.25) is 0 Å². The predicted octanol–water partition coefficient (Wildman–Crippen LogP) is 3.19. The highest BCUT2D eigenvalue weighted by atomic mass is 32.1. The van der Waals surface area contributed by atoms with Crippen LogP contribution in [0, 0.1) is 0 Å². The molecule has 112 valence electrons. The molecule has 5 heteroatoms. The minimum absolute atomic E-state index is 0.108. The van der Waals surface area contributed by atoms with E-state index >= 15 is 0 Å². The van der Waals surface area contributed by atoms with Gasteiger partial charge in [0, 0.05) is 31.9 Å². The Kier molecular flexibility index (Phi) is 3.35. The van der Waals surface area contributed by atoms with Crippen LogP contribution in [0.1, 0.15) is 10.5 Å². The lowest BCUT2D eigenvalue weighted by Crippen LogP contribution is -2.48. The van der Waals surface area contributed by atoms with Crippen molar-refractivity contribution in [2.45, 2.75) is 0 Å². The number of rotatable bonds is 2. The number of para-hydroxylation sites is 1. The highest BCUT2D eigenvalue weighted by Crippen LogP contribution is 2.23. The third-order valence-corrected chi connectivity index (χ3v) is 5.02. The van der Waals surface area contributed by atoms with E-state index in [9.17, 15) is 4.79 Å². The Morgan fingerprint density at radius 1 is 1.05 bits per heavy atom. The lowest BCUT2D eigenvalue weighted by Gasteiger charge is -2.35. The van der Waals surface area contributed by atoms with Crippen LogP contribution in [0.2, 0.25) is 0 Å². The molecule has 1 aromatic carbocycles. The van der Waals surface area contributed by atoms with E-state index < -0.39 is 0 Å². The van der Waals surface area contributed by atoms with Crippen LogP contribution >= 0.6 is 11.3 Å². The average molecular weight is 311 g/mol. The third kappa shape index (κ3) is 2.37. The average Bonchev–Trinajstić information content (AvgIpc) is 3.17. The molecular formula is C17H17N3OS. The summed E-state index contributed by atoms with van der Waals surface area (Å²) in [4.78, 5) is 20.1. The quantitative estimate of drug-likeness (QED) is 0.789. The van der Waals surface area contributed by atoms with Crippen LogP contribution in [0.15, 0.2) is 47.8 Å². The minimum Gasteiger partial charge on any atom is -0.368 e. The SMILES string of the molecule is O=C(c1cc2sccc2[nH]1)N1CCN(c2ccccc2)CC1. The molecule has 1 aliphatic rings. The molecule has 22 heavy (non-hydrogen) atoms. The van der Waals surface area contributed by atoms with Crippen molar-refractivity contribution in [1.29, 1.82) is 0 Å². The smallest absolute Gasteiger partial charge is 0.270 e. The number of carbonyl (C=O) groups excluding carboxylic acids is 1. The first-order chi connectivity index (χ1) is 10.8. The van der Waals surface area contributed by atoms with Crippen molar-refractivity contribution in [3.8, 4) is 0 Å². The van der Waals surface area contributed by atoms with Crippen LogP contribution in [-0.4, -0.2) is 42.0 Å². The lowest BCUT2D eigenvalue weighted by molar-refractivity contribution is 0.0742. The summed E-state index contributed by atoms with van der Waals surface area (Å²) in [6.45, 7) is 3.29. The summed E-state index contributed by atoms with van der Waals surface area (Å²) in [5.74, 6) is 0.108. The van der Waals surface area contributed by atoms with E-state index in [4.69, 9.17) is 0 Å². The van der Waals surface area contributed by atoms with Crippen molar-refractivity contribution in [1.82, 2.24) is 9.88 Å². The maximum absolute atomic E-state index is 12.6. The van der Waals surface area contributed by atoms with Crippen LogP contribution in [-0.2, 0) is 0 Å². The van der Waals surface area contributed by atoms with Gasteiger partial charge in [-0.05, 0) is 29.6 Å². The van der Waals surface area contributed by atoms with Gasteiger partial charge in [0.25, 0.3) is 5.91 Å². The molecular weight excluding hydrogens is 294 g/mol. The lowest BCUT2D eigenvalue weighted by atomic mass is 10.2. The van der Waals surface area contributed by atoms with E-state index in [1.54, 1.807) is 11.3 Å². The van der Waals surface area contributed by atoms with Crippen molar-refractivity contribution < 1.29 is 4.79 Å². The first-order valence-corrected chi connectivity index (χ1v) is 8.35. The molecule has 1 aliphatic heterocycles.